The van der Waals surface area contributed by atoms with E-state index in [1.165, 1.54) is 50.5 Å². The summed E-state index contributed by atoms with van der Waals surface area (Å²) >= 11 is 0. The van der Waals surface area contributed by atoms with Crippen LogP contribution in [0, 0.1) is 17.2 Å². The van der Waals surface area contributed by atoms with Gasteiger partial charge >= 0.3 is 0 Å². The van der Waals surface area contributed by atoms with E-state index in [1.807, 2.05) is 12.1 Å². The number of halogens is 1. The maximum Gasteiger partial charge on any atom is 0.222 e. The molecule has 148 valence electrons. The lowest BCUT2D eigenvalue weighted by Gasteiger charge is -2.40. The molecule has 4 heteroatoms. The molecule has 0 radical (unpaired) electrons. The highest BCUT2D eigenvalue weighted by molar-refractivity contribution is 5.76. The first-order chi connectivity index (χ1) is 13.1. The number of hydrogen-bond donors (Lipinski definition) is 0. The van der Waals surface area contributed by atoms with Crippen molar-refractivity contribution >= 4 is 5.91 Å². The van der Waals surface area contributed by atoms with Gasteiger partial charge in [0.25, 0.3) is 0 Å². The van der Waals surface area contributed by atoms with Crippen molar-refractivity contribution in [1.82, 2.24) is 9.80 Å². The van der Waals surface area contributed by atoms with Gasteiger partial charge in [0, 0.05) is 38.0 Å². The number of amides is 1. The number of likely N-dealkylation sites (tertiary alicyclic amines) is 2. The molecule has 2 saturated heterocycles. The van der Waals surface area contributed by atoms with Gasteiger partial charge in [-0.3, -0.25) is 9.69 Å². The van der Waals surface area contributed by atoms with Gasteiger partial charge in [-0.2, -0.15) is 0 Å². The number of rotatable bonds is 4. The van der Waals surface area contributed by atoms with Crippen molar-refractivity contribution in [2.75, 3.05) is 26.2 Å². The van der Waals surface area contributed by atoms with E-state index >= 15 is 0 Å². The summed E-state index contributed by atoms with van der Waals surface area (Å²) in [5, 5.41) is 0. The fourth-order valence-electron chi connectivity index (χ4n) is 5.54. The summed E-state index contributed by atoms with van der Waals surface area (Å²) in [5.41, 5.74) is 1.46. The van der Waals surface area contributed by atoms with E-state index in [2.05, 4.69) is 9.80 Å². The predicted octanol–water partition coefficient (Wildman–Crippen LogP) is 4.61. The van der Waals surface area contributed by atoms with Crippen LogP contribution >= 0.6 is 0 Å². The van der Waals surface area contributed by atoms with E-state index in [9.17, 15) is 9.18 Å². The molecule has 4 rings (SSSR count). The molecule has 0 N–H and O–H groups in total. The van der Waals surface area contributed by atoms with Gasteiger partial charge in [-0.25, -0.2) is 4.39 Å². The second kappa shape index (κ2) is 8.30. The Morgan fingerprint density at radius 2 is 1.78 bits per heavy atom. The minimum atomic E-state index is -0.170. The van der Waals surface area contributed by atoms with Gasteiger partial charge in [0.2, 0.25) is 5.91 Å². The summed E-state index contributed by atoms with van der Waals surface area (Å²) in [6.45, 7) is 4.94. The Bertz CT molecular complexity index is 640. The van der Waals surface area contributed by atoms with Gasteiger partial charge in [-0.05, 0) is 62.3 Å². The maximum absolute atomic E-state index is 13.1. The van der Waals surface area contributed by atoms with Crippen LogP contribution in [0.3, 0.4) is 0 Å². The Kier molecular flexibility index (Phi) is 5.82. The Morgan fingerprint density at radius 1 is 1.00 bits per heavy atom. The van der Waals surface area contributed by atoms with Crippen molar-refractivity contribution in [1.29, 1.82) is 0 Å². The van der Waals surface area contributed by atoms with Crippen LogP contribution in [0.1, 0.15) is 63.4 Å². The largest absolute Gasteiger partial charge is 0.342 e. The van der Waals surface area contributed by atoms with Crippen LogP contribution in [0.2, 0.25) is 0 Å². The number of nitrogens with zero attached hydrogens (tertiary/aromatic N) is 2. The molecule has 0 bridgehead atoms. The van der Waals surface area contributed by atoms with Gasteiger partial charge < -0.3 is 4.90 Å². The zero-order valence-electron chi connectivity index (χ0n) is 16.5. The Labute approximate surface area is 162 Å². The first kappa shape index (κ1) is 18.9. The molecule has 3 aliphatic rings. The number of benzene rings is 1. The molecule has 3 fully saturated rings. The average molecular weight is 373 g/mol. The number of piperidine rings is 1. The molecule has 1 aromatic rings. The predicted molar refractivity (Wildman–Crippen MR) is 106 cm³/mol. The number of carbonyl (C=O) groups excluding carboxylic acids is 1. The minimum Gasteiger partial charge on any atom is -0.342 e. The van der Waals surface area contributed by atoms with Gasteiger partial charge in [0.1, 0.15) is 5.82 Å². The van der Waals surface area contributed by atoms with Crippen LogP contribution in [-0.4, -0.2) is 41.9 Å². The highest BCUT2D eigenvalue weighted by Gasteiger charge is 2.42. The van der Waals surface area contributed by atoms with Crippen molar-refractivity contribution in [3.63, 3.8) is 0 Å². The second-order valence-corrected chi connectivity index (χ2v) is 9.21. The standard InChI is InChI=1S/C23H33FN2O/c24-21-9-7-20(8-10-21)16-25-13-4-11-23(17-25)12-14-26(18-23)22(27)15-19-5-2-1-3-6-19/h7-10,19H,1-6,11-18H2/t23-/m1/s1. The molecule has 27 heavy (non-hydrogen) atoms. The molecule has 2 heterocycles. The van der Waals surface area contributed by atoms with Crippen molar-refractivity contribution in [3.05, 3.63) is 35.6 Å². The quantitative estimate of drug-likeness (QED) is 0.770. The highest BCUT2D eigenvalue weighted by atomic mass is 19.1. The molecule has 1 spiro atoms. The molecule has 1 aromatic carbocycles. The summed E-state index contributed by atoms with van der Waals surface area (Å²) in [5.74, 6) is 0.857. The lowest BCUT2D eigenvalue weighted by atomic mass is 9.79. The summed E-state index contributed by atoms with van der Waals surface area (Å²) in [6.07, 6.45) is 10.8. The fourth-order valence-corrected chi connectivity index (χ4v) is 5.54. The van der Waals surface area contributed by atoms with Crippen LogP contribution in [0.25, 0.3) is 0 Å². The molecular weight excluding hydrogens is 339 g/mol. The zero-order chi connectivity index (χ0) is 18.7. The average Bonchev–Trinajstić information content (AvgIpc) is 3.08. The van der Waals surface area contributed by atoms with Gasteiger partial charge in [-0.1, -0.05) is 31.4 Å². The van der Waals surface area contributed by atoms with Crippen molar-refractivity contribution in [2.45, 2.75) is 64.3 Å². The molecular formula is C23H33FN2O. The SMILES string of the molecule is O=C(CC1CCCCC1)N1CC[C@@]2(CCCN(Cc3ccc(F)cc3)C2)C1. The molecule has 0 aromatic heterocycles. The van der Waals surface area contributed by atoms with E-state index in [0.29, 0.717) is 11.8 Å². The van der Waals surface area contributed by atoms with E-state index in [1.54, 1.807) is 12.1 Å². The lowest BCUT2D eigenvalue weighted by molar-refractivity contribution is -0.132. The molecule has 1 atom stereocenters. The van der Waals surface area contributed by atoms with Crippen LogP contribution in [0.5, 0.6) is 0 Å². The van der Waals surface area contributed by atoms with Crippen LogP contribution in [0.4, 0.5) is 4.39 Å². The molecule has 2 aliphatic heterocycles. The van der Waals surface area contributed by atoms with E-state index in [0.717, 1.165) is 45.6 Å². The molecule has 1 saturated carbocycles. The third-order valence-electron chi connectivity index (χ3n) is 7.04. The Morgan fingerprint density at radius 3 is 2.56 bits per heavy atom. The number of carbonyl (C=O) groups is 1. The molecule has 1 aliphatic carbocycles. The first-order valence-electron chi connectivity index (χ1n) is 10.9. The second-order valence-electron chi connectivity index (χ2n) is 9.21. The van der Waals surface area contributed by atoms with Crippen LogP contribution < -0.4 is 0 Å². The van der Waals surface area contributed by atoms with Gasteiger partial charge in [0.05, 0.1) is 0 Å². The third kappa shape index (κ3) is 4.71. The van der Waals surface area contributed by atoms with Crippen LogP contribution in [-0.2, 0) is 11.3 Å². The fraction of sp³-hybridized carbons (Fsp3) is 0.696. The topological polar surface area (TPSA) is 23.6 Å². The third-order valence-corrected chi connectivity index (χ3v) is 7.04. The zero-order valence-corrected chi connectivity index (χ0v) is 16.5. The Balaban J connectivity index is 1.31. The van der Waals surface area contributed by atoms with E-state index in [4.69, 9.17) is 0 Å². The van der Waals surface area contributed by atoms with Crippen molar-refractivity contribution in [2.24, 2.45) is 11.3 Å². The number of hydrogen-bond acceptors (Lipinski definition) is 2. The van der Waals surface area contributed by atoms with E-state index < -0.39 is 0 Å². The summed E-state index contributed by atoms with van der Waals surface area (Å²) in [6, 6.07) is 6.89. The molecule has 3 nitrogen and oxygen atoms in total. The monoisotopic (exact) mass is 372 g/mol. The summed E-state index contributed by atoms with van der Waals surface area (Å²) in [4.78, 5) is 17.5. The van der Waals surface area contributed by atoms with Crippen molar-refractivity contribution in [3.8, 4) is 0 Å². The smallest absolute Gasteiger partial charge is 0.222 e. The Hall–Kier alpha value is -1.42. The normalized spacial score (nSPS) is 27.4. The summed E-state index contributed by atoms with van der Waals surface area (Å²) < 4.78 is 13.1. The summed E-state index contributed by atoms with van der Waals surface area (Å²) in [7, 11) is 0. The highest BCUT2D eigenvalue weighted by Crippen LogP contribution is 2.40. The molecule has 1 amide bonds. The maximum atomic E-state index is 13.1. The minimum absolute atomic E-state index is 0.170. The van der Waals surface area contributed by atoms with Crippen molar-refractivity contribution < 1.29 is 9.18 Å². The first-order valence-corrected chi connectivity index (χ1v) is 10.9. The van der Waals surface area contributed by atoms with Crippen LogP contribution in [0.15, 0.2) is 24.3 Å². The van der Waals surface area contributed by atoms with Gasteiger partial charge in [0.15, 0.2) is 0 Å². The van der Waals surface area contributed by atoms with E-state index in [-0.39, 0.29) is 11.2 Å². The lowest BCUT2D eigenvalue weighted by Crippen LogP contribution is -2.45. The van der Waals surface area contributed by atoms with Gasteiger partial charge in [-0.15, -0.1) is 0 Å². The molecule has 0 unspecified atom stereocenters.